The molecule has 0 amide bonds. The molecule has 0 saturated heterocycles. The molecule has 0 bridgehead atoms. The summed E-state index contributed by atoms with van der Waals surface area (Å²) in [6, 6.07) is 5.67. The van der Waals surface area contributed by atoms with Crippen LogP contribution in [-0.4, -0.2) is 18.3 Å². The Morgan fingerprint density at radius 1 is 1.38 bits per heavy atom. The molecule has 3 nitrogen and oxygen atoms in total. The monoisotopic (exact) mass is 219 g/mol. The number of hydrogen-bond donors (Lipinski definition) is 2. The van der Waals surface area contributed by atoms with Crippen molar-refractivity contribution in [2.45, 2.75) is 25.3 Å². The molecule has 1 aliphatic carbocycles. The summed E-state index contributed by atoms with van der Waals surface area (Å²) in [5, 5.41) is 12.9. The van der Waals surface area contributed by atoms with Crippen LogP contribution >= 0.6 is 0 Å². The lowest BCUT2D eigenvalue weighted by molar-refractivity contribution is 0.309. The molecule has 1 aliphatic heterocycles. The molecule has 2 N–H and O–H groups in total. The van der Waals surface area contributed by atoms with E-state index in [1.165, 1.54) is 24.8 Å². The van der Waals surface area contributed by atoms with Gasteiger partial charge in [-0.3, -0.25) is 0 Å². The average molecular weight is 219 g/mol. The highest BCUT2D eigenvalue weighted by Crippen LogP contribution is 2.35. The van der Waals surface area contributed by atoms with Crippen LogP contribution in [0.1, 0.15) is 30.9 Å². The number of phenolic OH excluding ortho intramolecular Hbond substituents is 1. The molecule has 1 unspecified atom stereocenters. The smallest absolute Gasteiger partial charge is 0.127 e. The molecule has 0 radical (unpaired) electrons. The van der Waals surface area contributed by atoms with Crippen LogP contribution in [0, 0.1) is 5.92 Å². The zero-order chi connectivity index (χ0) is 11.0. The quantitative estimate of drug-likeness (QED) is 0.815. The molecule has 1 atom stereocenters. The fourth-order valence-corrected chi connectivity index (χ4v) is 2.24. The highest BCUT2D eigenvalue weighted by atomic mass is 16.5. The van der Waals surface area contributed by atoms with E-state index in [-0.39, 0.29) is 5.75 Å². The van der Waals surface area contributed by atoms with Gasteiger partial charge in [0.25, 0.3) is 0 Å². The lowest BCUT2D eigenvalue weighted by Gasteiger charge is -2.10. The van der Waals surface area contributed by atoms with Gasteiger partial charge in [-0.15, -0.1) is 0 Å². The lowest BCUT2D eigenvalue weighted by atomic mass is 10.1. The third kappa shape index (κ3) is 2.00. The Morgan fingerprint density at radius 3 is 3.06 bits per heavy atom. The van der Waals surface area contributed by atoms with Crippen molar-refractivity contribution in [1.29, 1.82) is 0 Å². The predicted molar refractivity (Wildman–Crippen MR) is 61.7 cm³/mol. The number of rotatable bonds is 4. The second kappa shape index (κ2) is 3.98. The Morgan fingerprint density at radius 2 is 2.25 bits per heavy atom. The fourth-order valence-electron chi connectivity index (χ4n) is 2.24. The molecule has 1 fully saturated rings. The summed E-state index contributed by atoms with van der Waals surface area (Å²) in [5.74, 6) is 2.07. The summed E-state index contributed by atoms with van der Waals surface area (Å²) in [7, 11) is 0. The molecule has 3 heteroatoms. The molecule has 1 aromatic carbocycles. The van der Waals surface area contributed by atoms with Gasteiger partial charge in [-0.1, -0.05) is 12.8 Å². The standard InChI is InChI=1S/C13H17NO2/c15-10-3-4-11-12(8-16-13(11)7-10)14-6-5-9-1-2-9/h3-4,7,9,12,14-15H,1-2,5-6,8H2. The molecule has 2 aliphatic rings. The topological polar surface area (TPSA) is 41.5 Å². The van der Waals surface area contributed by atoms with Gasteiger partial charge in [-0.2, -0.15) is 0 Å². The van der Waals surface area contributed by atoms with Crippen molar-refractivity contribution in [2.75, 3.05) is 13.2 Å². The maximum absolute atomic E-state index is 9.34. The maximum Gasteiger partial charge on any atom is 0.127 e. The lowest BCUT2D eigenvalue weighted by Crippen LogP contribution is -2.23. The summed E-state index contributed by atoms with van der Waals surface area (Å²) in [4.78, 5) is 0. The molecule has 1 heterocycles. The molecule has 0 aromatic heterocycles. The Kier molecular flexibility index (Phi) is 2.48. The number of benzene rings is 1. The van der Waals surface area contributed by atoms with Crippen LogP contribution in [0.4, 0.5) is 0 Å². The SMILES string of the molecule is Oc1ccc2c(c1)OCC2NCCC1CC1. The molecular formula is C13H17NO2. The van der Waals surface area contributed by atoms with Gasteiger partial charge in [0.1, 0.15) is 18.1 Å². The van der Waals surface area contributed by atoms with E-state index < -0.39 is 0 Å². The Labute approximate surface area is 95.4 Å². The molecular weight excluding hydrogens is 202 g/mol. The van der Waals surface area contributed by atoms with Gasteiger partial charge in [-0.05, 0) is 31.0 Å². The van der Waals surface area contributed by atoms with Crippen LogP contribution in [0.15, 0.2) is 18.2 Å². The van der Waals surface area contributed by atoms with Gasteiger partial charge in [0.2, 0.25) is 0 Å². The van der Waals surface area contributed by atoms with E-state index in [2.05, 4.69) is 5.32 Å². The predicted octanol–water partition coefficient (Wildman–Crippen LogP) is 2.22. The van der Waals surface area contributed by atoms with Gasteiger partial charge in [0.05, 0.1) is 6.04 Å². The van der Waals surface area contributed by atoms with E-state index in [9.17, 15) is 5.11 Å². The number of ether oxygens (including phenoxy) is 1. The summed E-state index contributed by atoms with van der Waals surface area (Å²) in [5.41, 5.74) is 1.17. The second-order valence-corrected chi connectivity index (χ2v) is 4.77. The molecule has 1 aromatic rings. The maximum atomic E-state index is 9.34. The number of phenols is 1. The van der Waals surface area contributed by atoms with Crippen molar-refractivity contribution in [1.82, 2.24) is 5.32 Å². The summed E-state index contributed by atoms with van der Waals surface area (Å²) in [6.07, 6.45) is 4.10. The van der Waals surface area contributed by atoms with Gasteiger partial charge in [0.15, 0.2) is 0 Å². The number of aromatic hydroxyl groups is 1. The van der Waals surface area contributed by atoms with Gasteiger partial charge in [-0.25, -0.2) is 0 Å². The van der Waals surface area contributed by atoms with Crippen molar-refractivity contribution in [2.24, 2.45) is 5.92 Å². The van der Waals surface area contributed by atoms with Crippen molar-refractivity contribution in [3.05, 3.63) is 23.8 Å². The van der Waals surface area contributed by atoms with Gasteiger partial charge >= 0.3 is 0 Å². The minimum Gasteiger partial charge on any atom is -0.508 e. The summed E-state index contributed by atoms with van der Waals surface area (Å²) < 4.78 is 5.54. The number of fused-ring (bicyclic) bond motifs is 1. The van der Waals surface area contributed by atoms with E-state index in [0.29, 0.717) is 12.6 Å². The third-order valence-corrected chi connectivity index (χ3v) is 3.42. The van der Waals surface area contributed by atoms with Crippen LogP contribution in [0.25, 0.3) is 0 Å². The minimum absolute atomic E-state index is 0.275. The van der Waals surface area contributed by atoms with Gasteiger partial charge < -0.3 is 15.2 Å². The average Bonchev–Trinajstić information content (AvgIpc) is 3.00. The molecule has 16 heavy (non-hydrogen) atoms. The Bertz CT molecular complexity index is 388. The van der Waals surface area contributed by atoms with Crippen LogP contribution < -0.4 is 10.1 Å². The largest absolute Gasteiger partial charge is 0.508 e. The first kappa shape index (κ1) is 9.97. The van der Waals surface area contributed by atoms with E-state index >= 15 is 0 Å². The van der Waals surface area contributed by atoms with Gasteiger partial charge in [0, 0.05) is 11.6 Å². The van der Waals surface area contributed by atoms with Crippen molar-refractivity contribution >= 4 is 0 Å². The Hall–Kier alpha value is -1.22. The van der Waals surface area contributed by atoms with Crippen LogP contribution in [0.2, 0.25) is 0 Å². The van der Waals surface area contributed by atoms with E-state index in [0.717, 1.165) is 18.2 Å². The van der Waals surface area contributed by atoms with Crippen LogP contribution in [0.5, 0.6) is 11.5 Å². The number of hydrogen-bond acceptors (Lipinski definition) is 3. The first-order chi connectivity index (χ1) is 7.83. The molecule has 3 rings (SSSR count). The third-order valence-electron chi connectivity index (χ3n) is 3.42. The molecule has 1 saturated carbocycles. The van der Waals surface area contributed by atoms with Crippen LogP contribution in [-0.2, 0) is 0 Å². The number of nitrogens with one attached hydrogen (secondary N) is 1. The zero-order valence-corrected chi connectivity index (χ0v) is 9.28. The van der Waals surface area contributed by atoms with E-state index in [1.54, 1.807) is 12.1 Å². The van der Waals surface area contributed by atoms with Crippen LogP contribution in [0.3, 0.4) is 0 Å². The highest BCUT2D eigenvalue weighted by Gasteiger charge is 2.25. The normalized spacial score (nSPS) is 22.9. The van der Waals surface area contributed by atoms with Crippen molar-refractivity contribution in [3.63, 3.8) is 0 Å². The minimum atomic E-state index is 0.275. The second-order valence-electron chi connectivity index (χ2n) is 4.77. The highest BCUT2D eigenvalue weighted by molar-refractivity contribution is 5.44. The van der Waals surface area contributed by atoms with E-state index in [1.807, 2.05) is 6.07 Å². The molecule has 0 spiro atoms. The van der Waals surface area contributed by atoms with E-state index in [4.69, 9.17) is 4.74 Å². The van der Waals surface area contributed by atoms with Crippen molar-refractivity contribution in [3.8, 4) is 11.5 Å². The fraction of sp³-hybridized carbons (Fsp3) is 0.538. The summed E-state index contributed by atoms with van der Waals surface area (Å²) >= 11 is 0. The Balaban J connectivity index is 1.61. The molecule has 86 valence electrons. The first-order valence-corrected chi connectivity index (χ1v) is 6.02. The summed E-state index contributed by atoms with van der Waals surface area (Å²) in [6.45, 7) is 1.75. The zero-order valence-electron chi connectivity index (χ0n) is 9.28. The first-order valence-electron chi connectivity index (χ1n) is 6.02. The van der Waals surface area contributed by atoms with Crippen molar-refractivity contribution < 1.29 is 9.84 Å².